The number of hydrogen-bond acceptors (Lipinski definition) is 2. The number of carbonyl (C=O) groups excluding carboxylic acids is 1. The highest BCUT2D eigenvalue weighted by Crippen LogP contribution is 2.30. The summed E-state index contributed by atoms with van der Waals surface area (Å²) in [4.78, 5) is 11.8. The number of nitrogens with two attached hydrogens (primary N) is 1. The van der Waals surface area contributed by atoms with Crippen LogP contribution in [0.1, 0.15) is 18.9 Å². The summed E-state index contributed by atoms with van der Waals surface area (Å²) < 4.78 is 0. The molecule has 0 aliphatic rings. The summed E-state index contributed by atoms with van der Waals surface area (Å²) in [6.45, 7) is 4.15. The van der Waals surface area contributed by atoms with Crippen molar-refractivity contribution in [2.45, 2.75) is 20.3 Å². The number of carbonyl (C=O) groups is 1. The van der Waals surface area contributed by atoms with Gasteiger partial charge in [0.1, 0.15) is 0 Å². The van der Waals surface area contributed by atoms with Gasteiger partial charge in [0.2, 0.25) is 5.91 Å². The zero-order valence-corrected chi connectivity index (χ0v) is 11.4. The van der Waals surface area contributed by atoms with Gasteiger partial charge in [-0.3, -0.25) is 4.79 Å². The van der Waals surface area contributed by atoms with Gasteiger partial charge in [-0.2, -0.15) is 0 Å². The molecular formula is C12H16Cl2N2O. The fourth-order valence-corrected chi connectivity index (χ4v) is 1.79. The largest absolute Gasteiger partial charge is 0.330 e. The molecule has 0 spiro atoms. The second-order valence-electron chi connectivity index (χ2n) is 4.00. The molecule has 0 unspecified atom stereocenters. The summed E-state index contributed by atoms with van der Waals surface area (Å²) in [5.41, 5.74) is 6.87. The van der Waals surface area contributed by atoms with Crippen LogP contribution in [0, 0.1) is 12.8 Å². The van der Waals surface area contributed by atoms with Crippen LogP contribution in [0.4, 0.5) is 5.69 Å². The molecular weight excluding hydrogens is 259 g/mol. The molecule has 0 bridgehead atoms. The minimum atomic E-state index is -0.117. The Morgan fingerprint density at radius 1 is 1.47 bits per heavy atom. The number of hydrogen-bond donors (Lipinski definition) is 2. The predicted octanol–water partition coefficient (Wildman–Crippen LogP) is 3.23. The molecule has 1 rings (SSSR count). The van der Waals surface area contributed by atoms with Crippen LogP contribution in [0.3, 0.4) is 0 Å². The second kappa shape index (κ2) is 6.24. The van der Waals surface area contributed by atoms with Gasteiger partial charge in [-0.15, -0.1) is 0 Å². The maximum Gasteiger partial charge on any atom is 0.227 e. The number of rotatable bonds is 4. The molecule has 0 fully saturated rings. The lowest BCUT2D eigenvalue weighted by Crippen LogP contribution is -2.23. The Balaban J connectivity index is 2.82. The number of benzene rings is 1. The lowest BCUT2D eigenvalue weighted by atomic mass is 10.1. The Hall–Kier alpha value is -0.770. The van der Waals surface area contributed by atoms with Crippen LogP contribution in [-0.4, -0.2) is 12.5 Å². The van der Waals surface area contributed by atoms with Crippen LogP contribution < -0.4 is 11.1 Å². The molecule has 0 heterocycles. The molecule has 17 heavy (non-hydrogen) atoms. The lowest BCUT2D eigenvalue weighted by molar-refractivity contribution is -0.119. The van der Waals surface area contributed by atoms with Crippen LogP contribution in [0.25, 0.3) is 0 Å². The van der Waals surface area contributed by atoms with Crippen molar-refractivity contribution in [2.75, 3.05) is 11.9 Å². The lowest BCUT2D eigenvalue weighted by Gasteiger charge is -2.14. The van der Waals surface area contributed by atoms with Crippen molar-refractivity contribution in [3.8, 4) is 0 Å². The number of halogens is 2. The summed E-state index contributed by atoms with van der Waals surface area (Å²) >= 11 is 11.9. The van der Waals surface area contributed by atoms with E-state index in [1.807, 2.05) is 13.8 Å². The maximum atomic E-state index is 11.8. The standard InChI is InChI=1S/C12H16Cl2N2O/c1-7(5-6-15)12(17)16-10-4-3-9(13)11(14)8(10)2/h3-4,7H,5-6,15H2,1-2H3,(H,16,17)/t7-/m0/s1. The van der Waals surface area contributed by atoms with E-state index in [0.29, 0.717) is 28.7 Å². The van der Waals surface area contributed by atoms with E-state index in [-0.39, 0.29) is 11.8 Å². The Bertz CT molecular complexity index is 421. The first-order valence-corrected chi connectivity index (χ1v) is 6.18. The quantitative estimate of drug-likeness (QED) is 0.886. The fraction of sp³-hybridized carbons (Fsp3) is 0.417. The van der Waals surface area contributed by atoms with Crippen LogP contribution in [0.5, 0.6) is 0 Å². The Labute approximate surface area is 111 Å². The maximum absolute atomic E-state index is 11.8. The molecule has 1 aromatic carbocycles. The predicted molar refractivity (Wildman–Crippen MR) is 72.7 cm³/mol. The number of anilines is 1. The molecule has 1 atom stereocenters. The molecule has 3 N–H and O–H groups in total. The normalized spacial score (nSPS) is 12.3. The van der Waals surface area contributed by atoms with Gasteiger partial charge in [0, 0.05) is 11.6 Å². The third-order valence-electron chi connectivity index (χ3n) is 2.64. The van der Waals surface area contributed by atoms with Gasteiger partial charge in [0.25, 0.3) is 0 Å². The van der Waals surface area contributed by atoms with Gasteiger partial charge in [0.05, 0.1) is 10.0 Å². The number of amides is 1. The van der Waals surface area contributed by atoms with E-state index in [4.69, 9.17) is 28.9 Å². The average molecular weight is 275 g/mol. The first-order chi connectivity index (χ1) is 7.97. The first kappa shape index (κ1) is 14.3. The molecule has 94 valence electrons. The summed E-state index contributed by atoms with van der Waals surface area (Å²) in [6, 6.07) is 3.41. The Morgan fingerprint density at radius 2 is 2.12 bits per heavy atom. The third-order valence-corrected chi connectivity index (χ3v) is 3.54. The Morgan fingerprint density at radius 3 is 2.71 bits per heavy atom. The smallest absolute Gasteiger partial charge is 0.227 e. The second-order valence-corrected chi connectivity index (χ2v) is 4.79. The van der Waals surface area contributed by atoms with Gasteiger partial charge in [-0.05, 0) is 37.6 Å². The van der Waals surface area contributed by atoms with Crippen LogP contribution >= 0.6 is 23.2 Å². The topological polar surface area (TPSA) is 55.1 Å². The van der Waals surface area contributed by atoms with Crippen molar-refractivity contribution in [1.29, 1.82) is 0 Å². The van der Waals surface area contributed by atoms with Gasteiger partial charge >= 0.3 is 0 Å². The minimum absolute atomic E-state index is 0.0584. The molecule has 0 radical (unpaired) electrons. The fourth-order valence-electron chi connectivity index (χ4n) is 1.42. The highest BCUT2D eigenvalue weighted by Gasteiger charge is 2.14. The van der Waals surface area contributed by atoms with E-state index < -0.39 is 0 Å². The van der Waals surface area contributed by atoms with E-state index in [0.717, 1.165) is 5.56 Å². The van der Waals surface area contributed by atoms with Gasteiger partial charge in [-0.25, -0.2) is 0 Å². The molecule has 1 amide bonds. The number of nitrogens with one attached hydrogen (secondary N) is 1. The summed E-state index contributed by atoms with van der Waals surface area (Å²) in [7, 11) is 0. The highest BCUT2D eigenvalue weighted by molar-refractivity contribution is 6.42. The van der Waals surface area contributed by atoms with E-state index in [1.54, 1.807) is 12.1 Å². The van der Waals surface area contributed by atoms with Gasteiger partial charge in [0.15, 0.2) is 0 Å². The Kier molecular flexibility index (Phi) is 5.25. The van der Waals surface area contributed by atoms with E-state index in [2.05, 4.69) is 5.32 Å². The van der Waals surface area contributed by atoms with Gasteiger partial charge in [-0.1, -0.05) is 30.1 Å². The SMILES string of the molecule is Cc1c(NC(=O)[C@@H](C)CCN)ccc(Cl)c1Cl. The molecule has 0 aromatic heterocycles. The summed E-state index contributed by atoms with van der Waals surface area (Å²) in [5, 5.41) is 3.78. The first-order valence-electron chi connectivity index (χ1n) is 5.43. The van der Waals surface area contributed by atoms with Crippen molar-refractivity contribution in [2.24, 2.45) is 11.7 Å². The zero-order valence-electron chi connectivity index (χ0n) is 9.89. The van der Waals surface area contributed by atoms with Crippen LogP contribution in [0.2, 0.25) is 10.0 Å². The van der Waals surface area contributed by atoms with Crippen LogP contribution in [0.15, 0.2) is 12.1 Å². The van der Waals surface area contributed by atoms with Gasteiger partial charge < -0.3 is 11.1 Å². The van der Waals surface area contributed by atoms with Crippen molar-refractivity contribution in [1.82, 2.24) is 0 Å². The average Bonchev–Trinajstić information content (AvgIpc) is 2.30. The van der Waals surface area contributed by atoms with E-state index >= 15 is 0 Å². The van der Waals surface area contributed by atoms with Crippen LogP contribution in [-0.2, 0) is 4.79 Å². The van der Waals surface area contributed by atoms with E-state index in [9.17, 15) is 4.79 Å². The van der Waals surface area contributed by atoms with Crippen molar-refractivity contribution in [3.63, 3.8) is 0 Å². The molecule has 0 saturated heterocycles. The molecule has 0 aliphatic heterocycles. The molecule has 5 heteroatoms. The highest BCUT2D eigenvalue weighted by atomic mass is 35.5. The zero-order chi connectivity index (χ0) is 13.0. The summed E-state index contributed by atoms with van der Waals surface area (Å²) in [6.07, 6.45) is 0.659. The molecule has 3 nitrogen and oxygen atoms in total. The summed E-state index contributed by atoms with van der Waals surface area (Å²) in [5.74, 6) is -0.175. The van der Waals surface area contributed by atoms with Crippen molar-refractivity contribution in [3.05, 3.63) is 27.7 Å². The molecule has 1 aromatic rings. The van der Waals surface area contributed by atoms with Crippen molar-refractivity contribution >= 4 is 34.8 Å². The third kappa shape index (κ3) is 3.60. The van der Waals surface area contributed by atoms with Crippen molar-refractivity contribution < 1.29 is 4.79 Å². The van der Waals surface area contributed by atoms with E-state index in [1.165, 1.54) is 0 Å². The monoisotopic (exact) mass is 274 g/mol. The molecule has 0 saturated carbocycles. The molecule has 0 aliphatic carbocycles. The minimum Gasteiger partial charge on any atom is -0.330 e.